The molecule has 0 saturated carbocycles. The molecule has 0 heterocycles. The molecular weight excluding hydrogens is 269 g/mol. The van der Waals surface area contributed by atoms with Gasteiger partial charge in [-0.05, 0) is 25.1 Å². The van der Waals surface area contributed by atoms with Crippen LogP contribution in [0.4, 0.5) is 4.39 Å². The van der Waals surface area contributed by atoms with Crippen LogP contribution in [-0.4, -0.2) is 29.6 Å². The van der Waals surface area contributed by atoms with Gasteiger partial charge in [-0.25, -0.2) is 9.18 Å². The standard InChI is InChI=1S/C17H18FNO2/c1-19(11-10-13-6-3-2-4-7-13)12-14-8-5-9-15(16(14)18)17(20)21/h2-9H,10-12H2,1H3,(H,20,21). The Kier molecular flexibility index (Phi) is 5.06. The Bertz CT molecular complexity index is 613. The van der Waals surface area contributed by atoms with E-state index in [1.165, 1.54) is 11.6 Å². The fraction of sp³-hybridized carbons (Fsp3) is 0.235. The first-order valence-electron chi connectivity index (χ1n) is 6.81. The summed E-state index contributed by atoms with van der Waals surface area (Å²) in [6.45, 7) is 1.17. The molecule has 0 fully saturated rings. The second-order valence-electron chi connectivity index (χ2n) is 5.06. The van der Waals surface area contributed by atoms with Gasteiger partial charge in [0.2, 0.25) is 0 Å². The van der Waals surface area contributed by atoms with Gasteiger partial charge in [0.15, 0.2) is 0 Å². The van der Waals surface area contributed by atoms with Crippen molar-refractivity contribution < 1.29 is 14.3 Å². The molecule has 110 valence electrons. The Morgan fingerprint density at radius 1 is 1.14 bits per heavy atom. The SMILES string of the molecule is CN(CCc1ccccc1)Cc1cccc(C(=O)O)c1F. The molecule has 0 aliphatic heterocycles. The maximum absolute atomic E-state index is 14.0. The normalized spacial score (nSPS) is 10.8. The van der Waals surface area contributed by atoms with E-state index >= 15 is 0 Å². The summed E-state index contributed by atoms with van der Waals surface area (Å²) in [5, 5.41) is 8.92. The Balaban J connectivity index is 1.98. The number of hydrogen-bond acceptors (Lipinski definition) is 2. The number of aromatic carboxylic acids is 1. The number of likely N-dealkylation sites (N-methyl/N-ethyl adjacent to an activating group) is 1. The van der Waals surface area contributed by atoms with Gasteiger partial charge in [-0.1, -0.05) is 42.5 Å². The van der Waals surface area contributed by atoms with E-state index in [-0.39, 0.29) is 5.56 Å². The summed E-state index contributed by atoms with van der Waals surface area (Å²) in [6, 6.07) is 14.6. The van der Waals surface area contributed by atoms with Crippen LogP contribution >= 0.6 is 0 Å². The maximum Gasteiger partial charge on any atom is 0.338 e. The number of rotatable bonds is 6. The molecule has 0 aliphatic rings. The van der Waals surface area contributed by atoms with E-state index in [1.54, 1.807) is 12.1 Å². The number of nitrogens with zero attached hydrogens (tertiary/aromatic N) is 1. The average Bonchev–Trinajstić information content (AvgIpc) is 2.48. The van der Waals surface area contributed by atoms with Gasteiger partial charge in [0.05, 0.1) is 5.56 Å². The van der Waals surface area contributed by atoms with Crippen LogP contribution in [0.3, 0.4) is 0 Å². The molecule has 2 aromatic rings. The van der Waals surface area contributed by atoms with Crippen LogP contribution in [0.2, 0.25) is 0 Å². The number of carboxylic acid groups (broad SMARTS) is 1. The molecular formula is C17H18FNO2. The van der Waals surface area contributed by atoms with E-state index in [0.717, 1.165) is 13.0 Å². The third-order valence-electron chi connectivity index (χ3n) is 3.37. The minimum Gasteiger partial charge on any atom is -0.478 e. The van der Waals surface area contributed by atoms with Gasteiger partial charge in [-0.2, -0.15) is 0 Å². The van der Waals surface area contributed by atoms with Gasteiger partial charge >= 0.3 is 5.97 Å². The summed E-state index contributed by atoms with van der Waals surface area (Å²) < 4.78 is 14.0. The van der Waals surface area contributed by atoms with Crippen molar-refractivity contribution in [3.05, 3.63) is 71.0 Å². The molecule has 0 unspecified atom stereocenters. The lowest BCUT2D eigenvalue weighted by Crippen LogP contribution is -2.22. The molecule has 0 spiro atoms. The van der Waals surface area contributed by atoms with Gasteiger partial charge in [0.25, 0.3) is 0 Å². The summed E-state index contributed by atoms with van der Waals surface area (Å²) >= 11 is 0. The lowest BCUT2D eigenvalue weighted by molar-refractivity contribution is 0.0691. The molecule has 4 heteroatoms. The molecule has 1 N–H and O–H groups in total. The molecule has 0 saturated heterocycles. The van der Waals surface area contributed by atoms with Crippen molar-refractivity contribution in [2.24, 2.45) is 0 Å². The largest absolute Gasteiger partial charge is 0.478 e. The first-order chi connectivity index (χ1) is 10.1. The summed E-state index contributed by atoms with van der Waals surface area (Å²) in [5.74, 6) is -1.88. The van der Waals surface area contributed by atoms with Crippen molar-refractivity contribution in [1.29, 1.82) is 0 Å². The van der Waals surface area contributed by atoms with Crippen molar-refractivity contribution in [3.8, 4) is 0 Å². The highest BCUT2D eigenvalue weighted by atomic mass is 19.1. The van der Waals surface area contributed by atoms with Crippen molar-refractivity contribution >= 4 is 5.97 Å². The van der Waals surface area contributed by atoms with Crippen LogP contribution < -0.4 is 0 Å². The highest BCUT2D eigenvalue weighted by Gasteiger charge is 2.14. The van der Waals surface area contributed by atoms with Gasteiger partial charge < -0.3 is 10.0 Å². The second kappa shape index (κ2) is 6.99. The lowest BCUT2D eigenvalue weighted by Gasteiger charge is -2.17. The monoisotopic (exact) mass is 287 g/mol. The first kappa shape index (κ1) is 15.2. The summed E-state index contributed by atoms with van der Waals surface area (Å²) in [5.41, 5.74) is 1.36. The fourth-order valence-corrected chi connectivity index (χ4v) is 2.20. The zero-order valence-corrected chi connectivity index (χ0v) is 11.9. The Labute approximate surface area is 123 Å². The summed E-state index contributed by atoms with van der Waals surface area (Å²) in [6.07, 6.45) is 0.873. The van der Waals surface area contributed by atoms with E-state index in [2.05, 4.69) is 12.1 Å². The van der Waals surface area contributed by atoms with E-state index < -0.39 is 11.8 Å². The minimum absolute atomic E-state index is 0.274. The van der Waals surface area contributed by atoms with Crippen molar-refractivity contribution in [2.75, 3.05) is 13.6 Å². The molecule has 2 rings (SSSR count). The van der Waals surface area contributed by atoms with Crippen molar-refractivity contribution in [2.45, 2.75) is 13.0 Å². The molecule has 0 aliphatic carbocycles. The summed E-state index contributed by atoms with van der Waals surface area (Å²) in [4.78, 5) is 12.9. The van der Waals surface area contributed by atoms with Crippen LogP contribution in [-0.2, 0) is 13.0 Å². The lowest BCUT2D eigenvalue weighted by atomic mass is 10.1. The van der Waals surface area contributed by atoms with Crippen LogP contribution in [0, 0.1) is 5.82 Å². The summed E-state index contributed by atoms with van der Waals surface area (Å²) in [7, 11) is 1.90. The van der Waals surface area contributed by atoms with Crippen LogP contribution in [0.5, 0.6) is 0 Å². The number of carbonyl (C=O) groups is 1. The van der Waals surface area contributed by atoms with Crippen LogP contribution in [0.25, 0.3) is 0 Å². The quantitative estimate of drug-likeness (QED) is 0.887. The molecule has 0 atom stereocenters. The van der Waals surface area contributed by atoms with Gasteiger partial charge in [0, 0.05) is 18.7 Å². The molecule has 2 aromatic carbocycles. The average molecular weight is 287 g/mol. The van der Waals surface area contributed by atoms with Crippen LogP contribution in [0.15, 0.2) is 48.5 Å². The number of halogens is 1. The predicted molar refractivity (Wildman–Crippen MR) is 79.8 cm³/mol. The predicted octanol–water partition coefficient (Wildman–Crippen LogP) is 3.20. The maximum atomic E-state index is 14.0. The van der Waals surface area contributed by atoms with Gasteiger partial charge in [-0.3, -0.25) is 0 Å². The number of hydrogen-bond donors (Lipinski definition) is 1. The Morgan fingerprint density at radius 3 is 2.52 bits per heavy atom. The smallest absolute Gasteiger partial charge is 0.338 e. The minimum atomic E-state index is -1.23. The highest BCUT2D eigenvalue weighted by Crippen LogP contribution is 2.15. The topological polar surface area (TPSA) is 40.5 Å². The zero-order valence-electron chi connectivity index (χ0n) is 11.9. The van der Waals surface area contributed by atoms with Crippen molar-refractivity contribution in [1.82, 2.24) is 4.90 Å². The molecule has 0 aromatic heterocycles. The Morgan fingerprint density at radius 2 is 1.86 bits per heavy atom. The van der Waals surface area contributed by atoms with Crippen LogP contribution in [0.1, 0.15) is 21.5 Å². The first-order valence-corrected chi connectivity index (χ1v) is 6.81. The van der Waals surface area contributed by atoms with Crippen molar-refractivity contribution in [3.63, 3.8) is 0 Å². The molecule has 0 radical (unpaired) electrons. The third-order valence-corrected chi connectivity index (χ3v) is 3.37. The number of carboxylic acids is 1. The zero-order chi connectivity index (χ0) is 15.2. The van der Waals surface area contributed by atoms with E-state index in [0.29, 0.717) is 12.1 Å². The fourth-order valence-electron chi connectivity index (χ4n) is 2.20. The van der Waals surface area contributed by atoms with Gasteiger partial charge in [-0.15, -0.1) is 0 Å². The van der Waals surface area contributed by atoms with Gasteiger partial charge in [0.1, 0.15) is 5.82 Å². The molecule has 3 nitrogen and oxygen atoms in total. The third kappa shape index (κ3) is 4.13. The molecule has 0 amide bonds. The van der Waals surface area contributed by atoms with E-state index in [4.69, 9.17) is 5.11 Å². The Hall–Kier alpha value is -2.20. The second-order valence-corrected chi connectivity index (χ2v) is 5.06. The van der Waals surface area contributed by atoms with E-state index in [9.17, 15) is 9.18 Å². The number of benzene rings is 2. The molecule has 0 bridgehead atoms. The molecule has 21 heavy (non-hydrogen) atoms. The highest BCUT2D eigenvalue weighted by molar-refractivity contribution is 5.88. The van der Waals surface area contributed by atoms with E-state index in [1.807, 2.05) is 30.1 Å².